The van der Waals surface area contributed by atoms with Crippen molar-refractivity contribution in [2.24, 2.45) is 5.41 Å². The van der Waals surface area contributed by atoms with E-state index in [2.05, 4.69) is 24.5 Å². The Morgan fingerprint density at radius 1 is 1.50 bits per heavy atom. The first-order valence-electron chi connectivity index (χ1n) is 6.74. The second-order valence-electron chi connectivity index (χ2n) is 5.15. The molecule has 3 atom stereocenters. The molecule has 1 saturated carbocycles. The van der Waals surface area contributed by atoms with Gasteiger partial charge in [-0.1, -0.05) is 13.8 Å². The Bertz CT molecular complexity index is 279. The van der Waals surface area contributed by atoms with Crippen LogP contribution < -0.4 is 10.6 Å². The van der Waals surface area contributed by atoms with E-state index in [0.717, 1.165) is 19.3 Å². The van der Waals surface area contributed by atoms with Crippen molar-refractivity contribution in [3.05, 3.63) is 0 Å². The van der Waals surface area contributed by atoms with Crippen LogP contribution in [0.4, 0.5) is 4.79 Å². The molecule has 0 saturated heterocycles. The van der Waals surface area contributed by atoms with E-state index >= 15 is 0 Å². The van der Waals surface area contributed by atoms with Crippen LogP contribution in [-0.4, -0.2) is 43.0 Å². The fourth-order valence-electron chi connectivity index (χ4n) is 2.95. The predicted octanol–water partition coefficient (Wildman–Crippen LogP) is 1.26. The zero-order valence-corrected chi connectivity index (χ0v) is 11.8. The minimum atomic E-state index is -0.221. The number of hydrogen-bond donors (Lipinski definition) is 3. The molecule has 5 heteroatoms. The number of nitrogens with one attached hydrogen (secondary N) is 2. The highest BCUT2D eigenvalue weighted by Crippen LogP contribution is 2.48. The first kappa shape index (κ1) is 15.2. The lowest BCUT2D eigenvalue weighted by Gasteiger charge is -2.55. The molecule has 1 aliphatic rings. The van der Waals surface area contributed by atoms with E-state index in [4.69, 9.17) is 9.84 Å². The smallest absolute Gasteiger partial charge is 0.315 e. The molecule has 1 fully saturated rings. The van der Waals surface area contributed by atoms with E-state index in [1.807, 2.05) is 0 Å². The Morgan fingerprint density at radius 2 is 2.11 bits per heavy atom. The topological polar surface area (TPSA) is 70.6 Å². The third kappa shape index (κ3) is 2.78. The summed E-state index contributed by atoms with van der Waals surface area (Å²) < 4.78 is 5.49. The van der Waals surface area contributed by atoms with Crippen LogP contribution in [0.25, 0.3) is 0 Å². The predicted molar refractivity (Wildman–Crippen MR) is 70.4 cm³/mol. The number of rotatable bonds is 6. The minimum Gasteiger partial charge on any atom is -0.394 e. The van der Waals surface area contributed by atoms with Gasteiger partial charge in [-0.2, -0.15) is 0 Å². The van der Waals surface area contributed by atoms with Gasteiger partial charge in [0.05, 0.1) is 18.8 Å². The first-order chi connectivity index (χ1) is 8.53. The fourth-order valence-corrected chi connectivity index (χ4v) is 2.95. The van der Waals surface area contributed by atoms with E-state index in [9.17, 15) is 4.79 Å². The molecular weight excluding hydrogens is 232 g/mol. The summed E-state index contributed by atoms with van der Waals surface area (Å²) in [5.41, 5.74) is 0.0501. The van der Waals surface area contributed by atoms with Crippen LogP contribution in [0.2, 0.25) is 0 Å². The van der Waals surface area contributed by atoms with Gasteiger partial charge in [-0.3, -0.25) is 0 Å². The molecule has 0 bridgehead atoms. The summed E-state index contributed by atoms with van der Waals surface area (Å²) in [6.07, 6.45) is 3.07. The van der Waals surface area contributed by atoms with Crippen LogP contribution in [0, 0.1) is 5.41 Å². The summed E-state index contributed by atoms with van der Waals surface area (Å²) in [5.74, 6) is 0. The molecule has 0 aliphatic heterocycles. The highest BCUT2D eigenvalue weighted by atomic mass is 16.5. The van der Waals surface area contributed by atoms with Gasteiger partial charge in [0.2, 0.25) is 0 Å². The molecular formula is C13H26N2O3. The SMILES string of the molecule is CCC1(CC)C(NC(=O)N[C@@H](C)CO)CC1OC. The van der Waals surface area contributed by atoms with Gasteiger partial charge < -0.3 is 20.5 Å². The Hall–Kier alpha value is -0.810. The third-order valence-corrected chi connectivity index (χ3v) is 4.34. The largest absolute Gasteiger partial charge is 0.394 e. The van der Waals surface area contributed by atoms with Crippen molar-refractivity contribution < 1.29 is 14.6 Å². The number of amides is 2. The summed E-state index contributed by atoms with van der Waals surface area (Å²) in [5, 5.41) is 14.6. The highest BCUT2D eigenvalue weighted by molar-refractivity contribution is 5.74. The summed E-state index contributed by atoms with van der Waals surface area (Å²) in [6.45, 7) is 5.99. The zero-order valence-electron chi connectivity index (χ0n) is 11.8. The van der Waals surface area contributed by atoms with Crippen LogP contribution in [0.1, 0.15) is 40.0 Å². The Labute approximate surface area is 109 Å². The molecule has 0 aromatic rings. The maximum Gasteiger partial charge on any atom is 0.315 e. The van der Waals surface area contributed by atoms with Crippen molar-refractivity contribution in [1.82, 2.24) is 10.6 Å². The lowest BCUT2D eigenvalue weighted by molar-refractivity contribution is -0.120. The molecule has 0 aromatic carbocycles. The minimum absolute atomic E-state index is 0.0501. The van der Waals surface area contributed by atoms with Crippen molar-refractivity contribution in [1.29, 1.82) is 0 Å². The summed E-state index contributed by atoms with van der Waals surface area (Å²) in [4.78, 5) is 11.8. The van der Waals surface area contributed by atoms with Crippen molar-refractivity contribution in [3.63, 3.8) is 0 Å². The number of ether oxygens (including phenoxy) is 1. The van der Waals surface area contributed by atoms with Crippen molar-refractivity contribution in [3.8, 4) is 0 Å². The maximum atomic E-state index is 11.8. The fraction of sp³-hybridized carbons (Fsp3) is 0.923. The summed E-state index contributed by atoms with van der Waals surface area (Å²) in [6, 6.07) is -0.272. The number of carbonyl (C=O) groups is 1. The van der Waals surface area contributed by atoms with Crippen LogP contribution in [0.3, 0.4) is 0 Å². The van der Waals surface area contributed by atoms with Crippen LogP contribution in [0.15, 0.2) is 0 Å². The highest BCUT2D eigenvalue weighted by Gasteiger charge is 2.53. The average Bonchev–Trinajstić information content (AvgIpc) is 2.35. The normalized spacial score (nSPS) is 27.2. The second-order valence-corrected chi connectivity index (χ2v) is 5.15. The standard InChI is InChI=1S/C13H26N2O3/c1-5-13(6-2)10(7-11(13)18-4)15-12(17)14-9(3)8-16/h9-11,16H,5-8H2,1-4H3,(H2,14,15,17)/t9-,10?,11?/m0/s1. The third-order valence-electron chi connectivity index (χ3n) is 4.34. The molecule has 0 spiro atoms. The van der Waals surface area contributed by atoms with Gasteiger partial charge in [-0.15, -0.1) is 0 Å². The van der Waals surface area contributed by atoms with Crippen molar-refractivity contribution in [2.45, 2.75) is 58.2 Å². The van der Waals surface area contributed by atoms with Gasteiger partial charge in [0.1, 0.15) is 0 Å². The van der Waals surface area contributed by atoms with Gasteiger partial charge in [0, 0.05) is 18.6 Å². The Morgan fingerprint density at radius 3 is 2.56 bits per heavy atom. The quantitative estimate of drug-likeness (QED) is 0.671. The number of carbonyl (C=O) groups excluding carboxylic acids is 1. The first-order valence-corrected chi connectivity index (χ1v) is 6.74. The number of urea groups is 1. The molecule has 0 radical (unpaired) electrons. The van der Waals surface area contributed by atoms with Gasteiger partial charge in [-0.25, -0.2) is 4.79 Å². The monoisotopic (exact) mass is 258 g/mol. The Kier molecular flexibility index (Phi) is 5.41. The lowest BCUT2D eigenvalue weighted by atomic mass is 9.58. The average molecular weight is 258 g/mol. The number of aliphatic hydroxyl groups excluding tert-OH is 1. The molecule has 18 heavy (non-hydrogen) atoms. The molecule has 5 nitrogen and oxygen atoms in total. The van der Waals surface area contributed by atoms with E-state index in [1.54, 1.807) is 14.0 Å². The van der Waals surface area contributed by atoms with Crippen molar-refractivity contribution in [2.75, 3.05) is 13.7 Å². The maximum absolute atomic E-state index is 11.8. The van der Waals surface area contributed by atoms with E-state index in [-0.39, 0.29) is 36.2 Å². The molecule has 0 aromatic heterocycles. The van der Waals surface area contributed by atoms with Crippen LogP contribution in [0.5, 0.6) is 0 Å². The van der Waals surface area contributed by atoms with Gasteiger partial charge in [-0.05, 0) is 26.2 Å². The van der Waals surface area contributed by atoms with Crippen LogP contribution in [-0.2, 0) is 4.74 Å². The number of aliphatic hydroxyl groups is 1. The van der Waals surface area contributed by atoms with Gasteiger partial charge in [0.15, 0.2) is 0 Å². The van der Waals surface area contributed by atoms with E-state index in [0.29, 0.717) is 0 Å². The molecule has 1 rings (SSSR count). The zero-order chi connectivity index (χ0) is 13.8. The molecule has 3 N–H and O–H groups in total. The second kappa shape index (κ2) is 6.38. The lowest BCUT2D eigenvalue weighted by Crippen LogP contribution is -2.65. The Balaban J connectivity index is 2.55. The molecule has 1 aliphatic carbocycles. The van der Waals surface area contributed by atoms with Gasteiger partial charge >= 0.3 is 6.03 Å². The van der Waals surface area contributed by atoms with E-state index in [1.165, 1.54) is 0 Å². The molecule has 2 unspecified atom stereocenters. The van der Waals surface area contributed by atoms with Crippen molar-refractivity contribution >= 4 is 6.03 Å². The molecule has 2 amide bonds. The number of hydrogen-bond acceptors (Lipinski definition) is 3. The van der Waals surface area contributed by atoms with Crippen LogP contribution >= 0.6 is 0 Å². The number of methoxy groups -OCH3 is 1. The van der Waals surface area contributed by atoms with E-state index < -0.39 is 0 Å². The van der Waals surface area contributed by atoms with Gasteiger partial charge in [0.25, 0.3) is 0 Å². The summed E-state index contributed by atoms with van der Waals surface area (Å²) >= 11 is 0. The molecule has 0 heterocycles. The molecule has 106 valence electrons. The summed E-state index contributed by atoms with van der Waals surface area (Å²) in [7, 11) is 1.73.